The number of sulfonamides is 1. The molecule has 0 aromatic carbocycles. The highest BCUT2D eigenvalue weighted by molar-refractivity contribution is 7.89. The van der Waals surface area contributed by atoms with Crippen LogP contribution in [0.2, 0.25) is 0 Å². The first kappa shape index (κ1) is 15.4. The van der Waals surface area contributed by atoms with Gasteiger partial charge in [-0.25, -0.2) is 8.42 Å². The standard InChI is InChI=1S/C10H22N2O3S/c1-5-8-16(14,15)11(4)9-10(13)12(6-2)7-3/h5-9H2,1-4H3. The second kappa shape index (κ2) is 6.85. The van der Waals surface area contributed by atoms with E-state index in [1.165, 1.54) is 7.05 Å². The lowest BCUT2D eigenvalue weighted by molar-refractivity contribution is -0.130. The van der Waals surface area contributed by atoms with Gasteiger partial charge in [-0.05, 0) is 20.3 Å². The van der Waals surface area contributed by atoms with Gasteiger partial charge in [0.05, 0.1) is 12.3 Å². The Morgan fingerprint density at radius 3 is 2.00 bits per heavy atom. The van der Waals surface area contributed by atoms with Gasteiger partial charge in [-0.1, -0.05) is 6.92 Å². The van der Waals surface area contributed by atoms with E-state index in [1.54, 1.807) is 11.8 Å². The van der Waals surface area contributed by atoms with E-state index in [0.29, 0.717) is 19.5 Å². The van der Waals surface area contributed by atoms with Crippen LogP contribution in [0.1, 0.15) is 27.2 Å². The molecule has 1 amide bonds. The van der Waals surface area contributed by atoms with Crippen molar-refractivity contribution < 1.29 is 13.2 Å². The van der Waals surface area contributed by atoms with Crippen LogP contribution < -0.4 is 0 Å². The van der Waals surface area contributed by atoms with E-state index in [1.807, 2.05) is 13.8 Å². The molecule has 0 spiro atoms. The van der Waals surface area contributed by atoms with Gasteiger partial charge >= 0.3 is 0 Å². The van der Waals surface area contributed by atoms with E-state index < -0.39 is 10.0 Å². The van der Waals surface area contributed by atoms with Gasteiger partial charge < -0.3 is 4.90 Å². The van der Waals surface area contributed by atoms with Crippen molar-refractivity contribution in [3.63, 3.8) is 0 Å². The summed E-state index contributed by atoms with van der Waals surface area (Å²) in [6, 6.07) is 0. The molecule has 0 aliphatic heterocycles. The Labute approximate surface area is 98.5 Å². The summed E-state index contributed by atoms with van der Waals surface area (Å²) >= 11 is 0. The molecule has 16 heavy (non-hydrogen) atoms. The molecule has 0 saturated heterocycles. The maximum absolute atomic E-state index is 11.7. The first-order valence-electron chi connectivity index (χ1n) is 5.60. The van der Waals surface area contributed by atoms with Crippen molar-refractivity contribution in [2.24, 2.45) is 0 Å². The van der Waals surface area contributed by atoms with Crippen molar-refractivity contribution in [3.8, 4) is 0 Å². The summed E-state index contributed by atoms with van der Waals surface area (Å²) in [5, 5.41) is 0. The molecule has 0 rings (SSSR count). The zero-order chi connectivity index (χ0) is 12.8. The summed E-state index contributed by atoms with van der Waals surface area (Å²) in [6.07, 6.45) is 0.562. The van der Waals surface area contributed by atoms with Crippen molar-refractivity contribution in [2.75, 3.05) is 32.4 Å². The largest absolute Gasteiger partial charge is 0.342 e. The number of nitrogens with zero attached hydrogens (tertiary/aromatic N) is 2. The second-order valence-electron chi connectivity index (χ2n) is 3.64. The molecule has 0 saturated carbocycles. The minimum atomic E-state index is -3.27. The van der Waals surface area contributed by atoms with Crippen LogP contribution in [0.3, 0.4) is 0 Å². The average molecular weight is 250 g/mol. The van der Waals surface area contributed by atoms with E-state index in [0.717, 1.165) is 4.31 Å². The summed E-state index contributed by atoms with van der Waals surface area (Å²) in [5.74, 6) is -0.0538. The summed E-state index contributed by atoms with van der Waals surface area (Å²) < 4.78 is 24.4. The average Bonchev–Trinajstić information content (AvgIpc) is 2.19. The Morgan fingerprint density at radius 2 is 1.62 bits per heavy atom. The summed E-state index contributed by atoms with van der Waals surface area (Å²) in [7, 11) is -1.82. The number of hydrogen-bond donors (Lipinski definition) is 0. The van der Waals surface area contributed by atoms with E-state index in [-0.39, 0.29) is 18.2 Å². The minimum absolute atomic E-state index is 0.0655. The van der Waals surface area contributed by atoms with Crippen LogP contribution in [0.4, 0.5) is 0 Å². The molecule has 0 fully saturated rings. The molecule has 0 atom stereocenters. The molecule has 0 unspecified atom stereocenters. The van der Waals surface area contributed by atoms with Gasteiger partial charge in [-0.3, -0.25) is 4.79 Å². The lowest BCUT2D eigenvalue weighted by atomic mass is 10.4. The fraction of sp³-hybridized carbons (Fsp3) is 0.900. The van der Waals surface area contributed by atoms with E-state index in [9.17, 15) is 13.2 Å². The van der Waals surface area contributed by atoms with Crippen molar-refractivity contribution in [2.45, 2.75) is 27.2 Å². The van der Waals surface area contributed by atoms with Crippen LogP contribution in [0.25, 0.3) is 0 Å². The van der Waals surface area contributed by atoms with Gasteiger partial charge in [0.25, 0.3) is 0 Å². The highest BCUT2D eigenvalue weighted by atomic mass is 32.2. The predicted octanol–water partition coefficient (Wildman–Crippen LogP) is 0.526. The zero-order valence-electron chi connectivity index (χ0n) is 10.6. The van der Waals surface area contributed by atoms with Crippen LogP contribution in [-0.4, -0.2) is 56.0 Å². The van der Waals surface area contributed by atoms with E-state index >= 15 is 0 Å². The molecule has 0 aromatic rings. The van der Waals surface area contributed by atoms with Crippen molar-refractivity contribution in [3.05, 3.63) is 0 Å². The lowest BCUT2D eigenvalue weighted by Gasteiger charge is -2.22. The van der Waals surface area contributed by atoms with Crippen molar-refractivity contribution >= 4 is 15.9 Å². The Balaban J connectivity index is 4.45. The van der Waals surface area contributed by atoms with Crippen LogP contribution in [0.5, 0.6) is 0 Å². The van der Waals surface area contributed by atoms with Gasteiger partial charge in [0.2, 0.25) is 15.9 Å². The Morgan fingerprint density at radius 1 is 1.12 bits per heavy atom. The fourth-order valence-corrected chi connectivity index (χ4v) is 2.51. The molecule has 6 heteroatoms. The molecule has 0 aliphatic carbocycles. The predicted molar refractivity (Wildman–Crippen MR) is 64.6 cm³/mol. The molecule has 0 heterocycles. The molecule has 0 aliphatic rings. The molecular formula is C10H22N2O3S. The van der Waals surface area contributed by atoms with E-state index in [2.05, 4.69) is 0 Å². The number of carbonyl (C=O) groups is 1. The van der Waals surface area contributed by atoms with Crippen LogP contribution in [0, 0.1) is 0 Å². The molecule has 0 N–H and O–H groups in total. The van der Waals surface area contributed by atoms with Crippen LogP contribution in [0.15, 0.2) is 0 Å². The third-order valence-corrected chi connectivity index (χ3v) is 4.41. The first-order valence-corrected chi connectivity index (χ1v) is 7.21. The van der Waals surface area contributed by atoms with Crippen LogP contribution >= 0.6 is 0 Å². The Hall–Kier alpha value is -0.620. The van der Waals surface area contributed by atoms with Gasteiger partial charge in [0.15, 0.2) is 0 Å². The van der Waals surface area contributed by atoms with Gasteiger partial charge in [0.1, 0.15) is 0 Å². The molecule has 5 nitrogen and oxygen atoms in total. The maximum Gasteiger partial charge on any atom is 0.237 e. The Kier molecular flexibility index (Phi) is 6.59. The quantitative estimate of drug-likeness (QED) is 0.662. The third kappa shape index (κ3) is 4.49. The normalized spacial score (nSPS) is 11.8. The SMILES string of the molecule is CCCS(=O)(=O)N(C)CC(=O)N(CC)CC. The van der Waals surface area contributed by atoms with Gasteiger partial charge in [-0.15, -0.1) is 0 Å². The highest BCUT2D eigenvalue weighted by Crippen LogP contribution is 2.01. The minimum Gasteiger partial charge on any atom is -0.342 e. The van der Waals surface area contributed by atoms with Crippen molar-refractivity contribution in [1.82, 2.24) is 9.21 Å². The third-order valence-electron chi connectivity index (χ3n) is 2.41. The topological polar surface area (TPSA) is 57.7 Å². The number of carbonyl (C=O) groups excluding carboxylic acids is 1. The fourth-order valence-electron chi connectivity index (χ4n) is 1.38. The van der Waals surface area contributed by atoms with Gasteiger partial charge in [0, 0.05) is 20.1 Å². The second-order valence-corrected chi connectivity index (χ2v) is 5.83. The molecular weight excluding hydrogens is 228 g/mol. The number of rotatable bonds is 7. The first-order chi connectivity index (χ1) is 7.38. The summed E-state index contributed by atoms with van der Waals surface area (Å²) in [5.41, 5.74) is 0. The van der Waals surface area contributed by atoms with Crippen molar-refractivity contribution in [1.29, 1.82) is 0 Å². The summed E-state index contributed by atoms with van der Waals surface area (Å²) in [6.45, 7) is 6.71. The highest BCUT2D eigenvalue weighted by Gasteiger charge is 2.21. The Bertz CT molecular complexity index is 310. The lowest BCUT2D eigenvalue weighted by Crippen LogP contribution is -2.41. The number of likely N-dealkylation sites (N-methyl/N-ethyl adjacent to an activating group) is 2. The monoisotopic (exact) mass is 250 g/mol. The molecule has 96 valence electrons. The molecule has 0 aromatic heterocycles. The van der Waals surface area contributed by atoms with E-state index in [4.69, 9.17) is 0 Å². The van der Waals surface area contributed by atoms with Gasteiger partial charge in [-0.2, -0.15) is 4.31 Å². The zero-order valence-corrected chi connectivity index (χ0v) is 11.4. The number of hydrogen-bond acceptors (Lipinski definition) is 3. The summed E-state index contributed by atoms with van der Waals surface area (Å²) in [4.78, 5) is 13.3. The number of amides is 1. The smallest absolute Gasteiger partial charge is 0.237 e. The molecule has 0 bridgehead atoms. The molecule has 0 radical (unpaired) electrons. The maximum atomic E-state index is 11.7. The van der Waals surface area contributed by atoms with Crippen LogP contribution in [-0.2, 0) is 14.8 Å².